The fourth-order valence-electron chi connectivity index (χ4n) is 0.846. The highest BCUT2D eigenvalue weighted by atomic mass is 79.9. The molecule has 0 atom stereocenters. The molecule has 0 aliphatic rings. The normalized spacial score (nSPS) is 11.1. The Bertz CT molecular complexity index is 476. The molecule has 9 heteroatoms. The van der Waals surface area contributed by atoms with Gasteiger partial charge in [-0.05, 0) is 22.0 Å². The Kier molecular flexibility index (Phi) is 3.71. The number of hydrogen-bond acceptors (Lipinski definition) is 3. The Balaban J connectivity index is 3.02. The molecular formula is C8H4BrF3N2O3. The van der Waals surface area contributed by atoms with Crippen molar-refractivity contribution >= 4 is 33.5 Å². The van der Waals surface area contributed by atoms with Crippen molar-refractivity contribution in [3.8, 4) is 0 Å². The molecular weight excluding hydrogens is 309 g/mol. The van der Waals surface area contributed by atoms with Gasteiger partial charge in [0.05, 0.1) is 11.3 Å². The molecule has 1 heterocycles. The summed E-state index contributed by atoms with van der Waals surface area (Å²) in [6.07, 6.45) is -4.12. The van der Waals surface area contributed by atoms with Gasteiger partial charge in [0, 0.05) is 6.20 Å². The van der Waals surface area contributed by atoms with E-state index in [9.17, 15) is 22.8 Å². The number of anilines is 1. The molecule has 0 saturated heterocycles. The van der Waals surface area contributed by atoms with Crippen LogP contribution in [0.1, 0.15) is 10.4 Å². The first-order chi connectivity index (χ1) is 7.71. The molecule has 0 spiro atoms. The van der Waals surface area contributed by atoms with E-state index >= 15 is 0 Å². The monoisotopic (exact) mass is 312 g/mol. The van der Waals surface area contributed by atoms with E-state index in [1.807, 2.05) is 0 Å². The Morgan fingerprint density at radius 3 is 2.47 bits per heavy atom. The number of carbonyl (C=O) groups excluding carboxylic acids is 1. The minimum absolute atomic E-state index is 0.0971. The van der Waals surface area contributed by atoms with E-state index in [4.69, 9.17) is 5.11 Å². The van der Waals surface area contributed by atoms with Gasteiger partial charge in [0.2, 0.25) is 0 Å². The lowest BCUT2D eigenvalue weighted by atomic mass is 10.2. The SMILES string of the molecule is O=C(O)c1cnc(Br)c(NC(=O)C(F)(F)F)c1. The minimum atomic E-state index is -5.06. The highest BCUT2D eigenvalue weighted by Crippen LogP contribution is 2.24. The number of nitrogens with zero attached hydrogens (tertiary/aromatic N) is 1. The topological polar surface area (TPSA) is 79.3 Å². The van der Waals surface area contributed by atoms with E-state index in [1.165, 1.54) is 5.32 Å². The quantitative estimate of drug-likeness (QED) is 0.819. The van der Waals surface area contributed by atoms with E-state index in [0.29, 0.717) is 0 Å². The van der Waals surface area contributed by atoms with Crippen LogP contribution >= 0.6 is 15.9 Å². The number of aromatic nitrogens is 1. The Morgan fingerprint density at radius 2 is 2.00 bits per heavy atom. The summed E-state index contributed by atoms with van der Waals surface area (Å²) in [7, 11) is 0. The van der Waals surface area contributed by atoms with Crippen LogP contribution in [-0.4, -0.2) is 28.1 Å². The number of carbonyl (C=O) groups is 2. The van der Waals surface area contributed by atoms with Crippen molar-refractivity contribution in [1.29, 1.82) is 0 Å². The summed E-state index contributed by atoms with van der Waals surface area (Å²) >= 11 is 2.79. The predicted molar refractivity (Wildman–Crippen MR) is 53.6 cm³/mol. The molecule has 1 aromatic heterocycles. The molecule has 17 heavy (non-hydrogen) atoms. The standard InChI is InChI=1S/C8H4BrF3N2O3/c9-5-4(14-7(17)8(10,11)12)1-3(2-13-5)6(15)16/h1-2H,(H,14,17)(H,15,16). The predicted octanol–water partition coefficient (Wildman–Crippen LogP) is 2.04. The second-order valence-electron chi connectivity index (χ2n) is 2.82. The van der Waals surface area contributed by atoms with Gasteiger partial charge in [-0.25, -0.2) is 9.78 Å². The first-order valence-electron chi connectivity index (χ1n) is 3.99. The first-order valence-corrected chi connectivity index (χ1v) is 4.78. The van der Waals surface area contributed by atoms with E-state index in [-0.39, 0.29) is 15.9 Å². The smallest absolute Gasteiger partial charge is 0.471 e. The number of nitrogens with one attached hydrogen (secondary N) is 1. The second kappa shape index (κ2) is 4.70. The number of halogens is 4. The van der Waals surface area contributed by atoms with Crippen molar-refractivity contribution in [2.24, 2.45) is 0 Å². The minimum Gasteiger partial charge on any atom is -0.478 e. The van der Waals surface area contributed by atoms with Crippen molar-refractivity contribution in [1.82, 2.24) is 4.98 Å². The fourth-order valence-corrected chi connectivity index (χ4v) is 1.16. The molecule has 0 radical (unpaired) electrons. The zero-order valence-corrected chi connectivity index (χ0v) is 9.46. The summed E-state index contributed by atoms with van der Waals surface area (Å²) in [4.78, 5) is 24.7. The molecule has 0 fully saturated rings. The number of rotatable bonds is 2. The van der Waals surface area contributed by atoms with Crippen molar-refractivity contribution in [2.45, 2.75) is 6.18 Å². The number of amides is 1. The summed E-state index contributed by atoms with van der Waals surface area (Å²) in [6, 6.07) is 0.864. The van der Waals surface area contributed by atoms with Crippen LogP contribution in [0.4, 0.5) is 18.9 Å². The molecule has 5 nitrogen and oxygen atoms in total. The van der Waals surface area contributed by atoms with E-state index in [2.05, 4.69) is 20.9 Å². The van der Waals surface area contributed by atoms with E-state index in [0.717, 1.165) is 12.3 Å². The summed E-state index contributed by atoms with van der Waals surface area (Å²) in [5, 5.41) is 10.1. The average Bonchev–Trinajstić information content (AvgIpc) is 2.19. The molecule has 0 aromatic carbocycles. The van der Waals surface area contributed by atoms with Crippen LogP contribution < -0.4 is 5.32 Å². The van der Waals surface area contributed by atoms with Crippen LogP contribution in [0.3, 0.4) is 0 Å². The van der Waals surface area contributed by atoms with Crippen LogP contribution in [0.5, 0.6) is 0 Å². The second-order valence-corrected chi connectivity index (χ2v) is 3.57. The van der Waals surface area contributed by atoms with Gasteiger partial charge >= 0.3 is 18.1 Å². The number of aromatic carboxylic acids is 1. The molecule has 0 aliphatic carbocycles. The zero-order valence-electron chi connectivity index (χ0n) is 7.88. The lowest BCUT2D eigenvalue weighted by Gasteiger charge is -2.09. The molecule has 0 bridgehead atoms. The number of hydrogen-bond donors (Lipinski definition) is 2. The Labute approximate surface area is 101 Å². The lowest BCUT2D eigenvalue weighted by molar-refractivity contribution is -0.167. The van der Waals surface area contributed by atoms with Gasteiger partial charge in [0.25, 0.3) is 0 Å². The maximum Gasteiger partial charge on any atom is 0.471 e. The Morgan fingerprint density at radius 1 is 1.41 bits per heavy atom. The highest BCUT2D eigenvalue weighted by molar-refractivity contribution is 9.10. The summed E-state index contributed by atoms with van der Waals surface area (Å²) in [5.74, 6) is -3.57. The molecule has 1 aromatic rings. The molecule has 92 valence electrons. The third-order valence-corrected chi connectivity index (χ3v) is 2.22. The Hall–Kier alpha value is -1.64. The van der Waals surface area contributed by atoms with Crippen LogP contribution in [0.2, 0.25) is 0 Å². The van der Waals surface area contributed by atoms with Crippen LogP contribution in [-0.2, 0) is 4.79 Å². The van der Waals surface area contributed by atoms with Crippen LogP contribution in [0, 0.1) is 0 Å². The third-order valence-electron chi connectivity index (χ3n) is 1.59. The molecule has 0 aliphatic heterocycles. The molecule has 1 rings (SSSR count). The van der Waals surface area contributed by atoms with Gasteiger partial charge in [-0.2, -0.15) is 13.2 Å². The van der Waals surface area contributed by atoms with Gasteiger partial charge in [-0.1, -0.05) is 0 Å². The van der Waals surface area contributed by atoms with E-state index < -0.39 is 18.1 Å². The number of alkyl halides is 3. The van der Waals surface area contributed by atoms with Crippen LogP contribution in [0.25, 0.3) is 0 Å². The zero-order chi connectivity index (χ0) is 13.2. The highest BCUT2D eigenvalue weighted by Gasteiger charge is 2.39. The third kappa shape index (κ3) is 3.41. The van der Waals surface area contributed by atoms with Crippen molar-refractivity contribution in [2.75, 3.05) is 5.32 Å². The van der Waals surface area contributed by atoms with Gasteiger partial charge in [-0.3, -0.25) is 4.79 Å². The number of carboxylic acids is 1. The summed E-state index contributed by atoms with van der Waals surface area (Å²) < 4.78 is 35.8. The maximum absolute atomic E-state index is 12.0. The maximum atomic E-state index is 12.0. The molecule has 2 N–H and O–H groups in total. The number of pyridine rings is 1. The first kappa shape index (κ1) is 13.4. The molecule has 1 amide bonds. The van der Waals surface area contributed by atoms with Gasteiger partial charge in [0.15, 0.2) is 0 Å². The lowest BCUT2D eigenvalue weighted by Crippen LogP contribution is -2.30. The number of carboxylic acid groups (broad SMARTS) is 1. The molecule has 0 saturated carbocycles. The summed E-state index contributed by atoms with van der Waals surface area (Å²) in [5.41, 5.74) is -0.710. The van der Waals surface area contributed by atoms with Crippen molar-refractivity contribution in [3.63, 3.8) is 0 Å². The van der Waals surface area contributed by atoms with E-state index in [1.54, 1.807) is 0 Å². The largest absolute Gasteiger partial charge is 0.478 e. The molecule has 0 unspecified atom stereocenters. The van der Waals surface area contributed by atoms with Gasteiger partial charge < -0.3 is 10.4 Å². The van der Waals surface area contributed by atoms with Crippen molar-refractivity contribution in [3.05, 3.63) is 22.4 Å². The average molecular weight is 313 g/mol. The summed E-state index contributed by atoms with van der Waals surface area (Å²) in [6.45, 7) is 0. The van der Waals surface area contributed by atoms with Crippen LogP contribution in [0.15, 0.2) is 16.9 Å². The fraction of sp³-hybridized carbons (Fsp3) is 0.125. The van der Waals surface area contributed by atoms with Crippen molar-refractivity contribution < 1.29 is 27.9 Å². The van der Waals surface area contributed by atoms with Gasteiger partial charge in [-0.15, -0.1) is 0 Å². The van der Waals surface area contributed by atoms with Gasteiger partial charge in [0.1, 0.15) is 4.60 Å².